The van der Waals surface area contributed by atoms with Gasteiger partial charge in [-0.1, -0.05) is 24.3 Å². The molecule has 0 spiro atoms. The van der Waals surface area contributed by atoms with Gasteiger partial charge >= 0.3 is 0 Å². The van der Waals surface area contributed by atoms with Crippen LogP contribution in [0.1, 0.15) is 33.8 Å². The van der Waals surface area contributed by atoms with E-state index in [0.717, 1.165) is 12.0 Å². The first-order chi connectivity index (χ1) is 10.6. The lowest BCUT2D eigenvalue weighted by Crippen LogP contribution is -2.28. The number of aromatic hydroxyl groups is 1. The number of carbonyl (C=O) groups is 1. The molecule has 1 aliphatic heterocycles. The first-order valence-electron chi connectivity index (χ1n) is 7.39. The van der Waals surface area contributed by atoms with Crippen molar-refractivity contribution in [1.29, 1.82) is 0 Å². The SMILES string of the molecule is Cc1ccc(C(=O)N2CC[C@H](c3ccccc3F)C2)cc1O. The summed E-state index contributed by atoms with van der Waals surface area (Å²) in [5, 5.41) is 9.74. The molecule has 1 fully saturated rings. The number of amides is 1. The zero-order valence-corrected chi connectivity index (χ0v) is 12.4. The Bertz CT molecular complexity index is 714. The average Bonchev–Trinajstić information content (AvgIpc) is 2.99. The molecule has 0 unspecified atom stereocenters. The van der Waals surface area contributed by atoms with Crippen molar-refractivity contribution in [3.05, 3.63) is 65.0 Å². The molecule has 1 atom stereocenters. The number of carbonyl (C=O) groups excluding carboxylic acids is 1. The maximum Gasteiger partial charge on any atom is 0.254 e. The number of phenols is 1. The number of rotatable bonds is 2. The Morgan fingerprint density at radius 2 is 2.05 bits per heavy atom. The molecular weight excluding hydrogens is 281 g/mol. The number of hydrogen-bond acceptors (Lipinski definition) is 2. The van der Waals surface area contributed by atoms with Crippen molar-refractivity contribution in [2.24, 2.45) is 0 Å². The minimum atomic E-state index is -0.213. The van der Waals surface area contributed by atoms with E-state index in [4.69, 9.17) is 0 Å². The van der Waals surface area contributed by atoms with E-state index < -0.39 is 0 Å². The Morgan fingerprint density at radius 1 is 1.27 bits per heavy atom. The summed E-state index contributed by atoms with van der Waals surface area (Å²) in [6.45, 7) is 2.90. The van der Waals surface area contributed by atoms with Gasteiger partial charge in [-0.15, -0.1) is 0 Å². The van der Waals surface area contributed by atoms with Crippen molar-refractivity contribution in [3.8, 4) is 5.75 Å². The topological polar surface area (TPSA) is 40.5 Å². The highest BCUT2D eigenvalue weighted by atomic mass is 19.1. The molecule has 1 saturated heterocycles. The smallest absolute Gasteiger partial charge is 0.254 e. The molecule has 4 heteroatoms. The fourth-order valence-corrected chi connectivity index (χ4v) is 2.93. The molecule has 3 rings (SSSR count). The molecule has 0 bridgehead atoms. The molecule has 1 N–H and O–H groups in total. The first kappa shape index (κ1) is 14.6. The van der Waals surface area contributed by atoms with Gasteiger partial charge < -0.3 is 10.0 Å². The molecule has 2 aromatic rings. The highest BCUT2D eigenvalue weighted by Gasteiger charge is 2.29. The van der Waals surface area contributed by atoms with Crippen molar-refractivity contribution >= 4 is 5.91 Å². The van der Waals surface area contributed by atoms with Crippen LogP contribution in [-0.2, 0) is 0 Å². The van der Waals surface area contributed by atoms with Gasteiger partial charge in [0.2, 0.25) is 0 Å². The summed E-state index contributed by atoms with van der Waals surface area (Å²) in [7, 11) is 0. The predicted octanol–water partition coefficient (Wildman–Crippen LogP) is 3.47. The maximum atomic E-state index is 13.9. The van der Waals surface area contributed by atoms with Crippen LogP contribution in [0.2, 0.25) is 0 Å². The van der Waals surface area contributed by atoms with Crippen molar-refractivity contribution < 1.29 is 14.3 Å². The number of likely N-dealkylation sites (tertiary alicyclic amines) is 1. The normalized spacial score (nSPS) is 17.7. The van der Waals surface area contributed by atoms with Gasteiger partial charge in [-0.3, -0.25) is 4.79 Å². The third-order valence-corrected chi connectivity index (χ3v) is 4.28. The standard InChI is InChI=1S/C18H18FNO2/c1-12-6-7-13(10-17(12)21)18(22)20-9-8-14(11-20)15-4-2-3-5-16(15)19/h2-7,10,14,21H,8-9,11H2,1H3/t14-/m0/s1. The van der Waals surface area contributed by atoms with Gasteiger partial charge in [0.25, 0.3) is 5.91 Å². The number of nitrogens with zero attached hydrogens (tertiary/aromatic N) is 1. The van der Waals surface area contributed by atoms with E-state index in [9.17, 15) is 14.3 Å². The third kappa shape index (κ3) is 2.69. The van der Waals surface area contributed by atoms with Gasteiger partial charge in [0.05, 0.1) is 0 Å². The zero-order valence-electron chi connectivity index (χ0n) is 12.4. The quantitative estimate of drug-likeness (QED) is 0.922. The fourth-order valence-electron chi connectivity index (χ4n) is 2.93. The Kier molecular flexibility index (Phi) is 3.84. The molecule has 1 amide bonds. The lowest BCUT2D eigenvalue weighted by atomic mass is 9.98. The molecule has 0 radical (unpaired) electrons. The van der Waals surface area contributed by atoms with Crippen molar-refractivity contribution in [2.75, 3.05) is 13.1 Å². The minimum Gasteiger partial charge on any atom is -0.508 e. The fraction of sp³-hybridized carbons (Fsp3) is 0.278. The highest BCUT2D eigenvalue weighted by molar-refractivity contribution is 5.95. The molecular formula is C18H18FNO2. The summed E-state index contributed by atoms with van der Waals surface area (Å²) in [6, 6.07) is 11.7. The van der Waals surface area contributed by atoms with Gasteiger partial charge in [-0.2, -0.15) is 0 Å². The zero-order chi connectivity index (χ0) is 15.7. The Balaban J connectivity index is 1.76. The maximum absolute atomic E-state index is 13.9. The molecule has 0 saturated carbocycles. The molecule has 2 aromatic carbocycles. The first-order valence-corrected chi connectivity index (χ1v) is 7.39. The van der Waals surface area contributed by atoms with Crippen molar-refractivity contribution in [3.63, 3.8) is 0 Å². The van der Waals surface area contributed by atoms with Gasteiger partial charge in [-0.05, 0) is 42.7 Å². The second kappa shape index (κ2) is 5.79. The van der Waals surface area contributed by atoms with Gasteiger partial charge in [-0.25, -0.2) is 4.39 Å². The van der Waals surface area contributed by atoms with E-state index in [2.05, 4.69) is 0 Å². The van der Waals surface area contributed by atoms with Crippen molar-refractivity contribution in [2.45, 2.75) is 19.3 Å². The van der Waals surface area contributed by atoms with Crippen LogP contribution in [0.5, 0.6) is 5.75 Å². The van der Waals surface area contributed by atoms with E-state index in [-0.39, 0.29) is 23.4 Å². The van der Waals surface area contributed by atoms with Gasteiger partial charge in [0.1, 0.15) is 11.6 Å². The van der Waals surface area contributed by atoms with Gasteiger partial charge in [0, 0.05) is 24.6 Å². The Labute approximate surface area is 129 Å². The van der Waals surface area contributed by atoms with E-state index >= 15 is 0 Å². The number of phenolic OH excluding ortho intramolecular Hbond substituents is 1. The largest absolute Gasteiger partial charge is 0.508 e. The van der Waals surface area contributed by atoms with Crippen molar-refractivity contribution in [1.82, 2.24) is 4.90 Å². The second-order valence-corrected chi connectivity index (χ2v) is 5.76. The molecule has 1 heterocycles. The van der Waals surface area contributed by atoms with E-state index in [1.807, 2.05) is 6.07 Å². The Hall–Kier alpha value is -2.36. The number of aryl methyl sites for hydroxylation is 1. The summed E-state index contributed by atoms with van der Waals surface area (Å²) >= 11 is 0. The summed E-state index contributed by atoms with van der Waals surface area (Å²) < 4.78 is 13.9. The van der Waals surface area contributed by atoms with Crippen LogP contribution in [0.25, 0.3) is 0 Å². The molecule has 0 aromatic heterocycles. The molecule has 114 valence electrons. The van der Waals surface area contributed by atoms with E-state index in [0.29, 0.717) is 24.2 Å². The average molecular weight is 299 g/mol. The lowest BCUT2D eigenvalue weighted by Gasteiger charge is -2.17. The molecule has 22 heavy (non-hydrogen) atoms. The van der Waals surface area contributed by atoms with Crippen LogP contribution >= 0.6 is 0 Å². The summed E-state index contributed by atoms with van der Waals surface area (Å²) in [4.78, 5) is 14.2. The third-order valence-electron chi connectivity index (χ3n) is 4.28. The summed E-state index contributed by atoms with van der Waals surface area (Å²) in [5.74, 6) is -0.177. The Morgan fingerprint density at radius 3 is 2.77 bits per heavy atom. The molecule has 3 nitrogen and oxygen atoms in total. The van der Waals surface area contributed by atoms with Crippen LogP contribution in [0.15, 0.2) is 42.5 Å². The van der Waals surface area contributed by atoms with Crippen LogP contribution in [-0.4, -0.2) is 29.0 Å². The predicted molar refractivity (Wildman–Crippen MR) is 82.5 cm³/mol. The second-order valence-electron chi connectivity index (χ2n) is 5.76. The monoisotopic (exact) mass is 299 g/mol. The van der Waals surface area contributed by atoms with Gasteiger partial charge in [0.15, 0.2) is 0 Å². The summed E-state index contributed by atoms with van der Waals surface area (Å²) in [5.41, 5.74) is 1.88. The molecule has 1 aliphatic rings. The summed E-state index contributed by atoms with van der Waals surface area (Å²) in [6.07, 6.45) is 0.754. The van der Waals surface area contributed by atoms with Crippen LogP contribution in [0.4, 0.5) is 4.39 Å². The lowest BCUT2D eigenvalue weighted by molar-refractivity contribution is 0.0790. The molecule has 0 aliphatic carbocycles. The van der Waals surface area contributed by atoms with Crippen LogP contribution < -0.4 is 0 Å². The number of hydrogen-bond donors (Lipinski definition) is 1. The highest BCUT2D eigenvalue weighted by Crippen LogP contribution is 2.30. The van der Waals surface area contributed by atoms with E-state index in [1.54, 1.807) is 36.1 Å². The van der Waals surface area contributed by atoms with Crippen LogP contribution in [0, 0.1) is 12.7 Å². The van der Waals surface area contributed by atoms with E-state index in [1.165, 1.54) is 12.1 Å². The number of benzene rings is 2. The minimum absolute atomic E-state index is 0.0317. The number of halogens is 1. The van der Waals surface area contributed by atoms with Crippen LogP contribution in [0.3, 0.4) is 0 Å².